The number of nitrogens with zero attached hydrogens (tertiary/aromatic N) is 4. The maximum Gasteiger partial charge on any atom is 0.271 e. The summed E-state index contributed by atoms with van der Waals surface area (Å²) in [6, 6.07) is 7.87. The lowest BCUT2D eigenvalue weighted by atomic mass is 10.1. The molecule has 0 saturated carbocycles. The average Bonchev–Trinajstić information content (AvgIpc) is 2.63. The lowest BCUT2D eigenvalue weighted by Crippen LogP contribution is -2.21. The summed E-state index contributed by atoms with van der Waals surface area (Å²) in [5.41, 5.74) is -0.0718. The van der Waals surface area contributed by atoms with Gasteiger partial charge >= 0.3 is 0 Å². The van der Waals surface area contributed by atoms with Gasteiger partial charge in [-0.2, -0.15) is 0 Å². The number of non-ortho nitro benzene ring substituents is 2. The third-order valence-corrected chi connectivity index (χ3v) is 3.84. The highest BCUT2D eigenvalue weighted by Crippen LogP contribution is 2.24. The van der Waals surface area contributed by atoms with Crippen LogP contribution in [-0.2, 0) is 6.54 Å². The van der Waals surface area contributed by atoms with Crippen LogP contribution in [0.1, 0.15) is 5.56 Å². The molecule has 0 aliphatic carbocycles. The number of nitro groups is 2. The first kappa shape index (κ1) is 17.0. The molecule has 0 atom stereocenters. The van der Waals surface area contributed by atoms with Gasteiger partial charge in [-0.15, -0.1) is 0 Å². The molecule has 0 amide bonds. The minimum absolute atomic E-state index is 0.00359. The molecule has 1 heterocycles. The van der Waals surface area contributed by atoms with Crippen molar-refractivity contribution in [3.8, 4) is 5.75 Å². The van der Waals surface area contributed by atoms with E-state index in [1.165, 1.54) is 54.4 Å². The van der Waals surface area contributed by atoms with Crippen molar-refractivity contribution in [2.24, 2.45) is 0 Å². The molecule has 2 aromatic carbocycles. The number of rotatable bonds is 5. The van der Waals surface area contributed by atoms with Gasteiger partial charge in [0, 0.05) is 29.8 Å². The van der Waals surface area contributed by atoms with Gasteiger partial charge in [0.15, 0.2) is 0 Å². The maximum atomic E-state index is 12.6. The molecule has 1 aromatic heterocycles. The summed E-state index contributed by atoms with van der Waals surface area (Å²) in [5, 5.41) is 22.0. The summed E-state index contributed by atoms with van der Waals surface area (Å²) >= 11 is 0. The third-order valence-electron chi connectivity index (χ3n) is 3.84. The van der Waals surface area contributed by atoms with E-state index in [0.29, 0.717) is 11.3 Å². The minimum Gasteiger partial charge on any atom is -0.496 e. The van der Waals surface area contributed by atoms with Gasteiger partial charge in [0.2, 0.25) is 0 Å². The van der Waals surface area contributed by atoms with Crippen LogP contribution in [0.25, 0.3) is 10.9 Å². The number of nitro benzene ring substituents is 2. The highest BCUT2D eigenvalue weighted by Gasteiger charge is 2.14. The summed E-state index contributed by atoms with van der Waals surface area (Å²) in [5.74, 6) is 0.395. The van der Waals surface area contributed by atoms with Crippen molar-refractivity contribution in [2.45, 2.75) is 6.54 Å². The number of hydrogen-bond donors (Lipinski definition) is 0. The highest BCUT2D eigenvalue weighted by molar-refractivity contribution is 5.79. The van der Waals surface area contributed by atoms with Gasteiger partial charge in [-0.3, -0.25) is 29.6 Å². The molecular formula is C16H12N4O6. The second-order valence-electron chi connectivity index (χ2n) is 5.39. The molecule has 0 aliphatic heterocycles. The molecular weight excluding hydrogens is 344 g/mol. The monoisotopic (exact) mass is 356 g/mol. The predicted octanol–water partition coefficient (Wildman–Crippen LogP) is 2.27. The maximum absolute atomic E-state index is 12.6. The molecule has 0 unspecified atom stereocenters. The fourth-order valence-corrected chi connectivity index (χ4v) is 2.56. The average molecular weight is 356 g/mol. The van der Waals surface area contributed by atoms with Crippen LogP contribution < -0.4 is 10.3 Å². The fraction of sp³-hybridized carbons (Fsp3) is 0.125. The molecule has 10 nitrogen and oxygen atoms in total. The second-order valence-corrected chi connectivity index (χ2v) is 5.39. The van der Waals surface area contributed by atoms with E-state index < -0.39 is 15.4 Å². The van der Waals surface area contributed by atoms with Crippen LogP contribution in [0.3, 0.4) is 0 Å². The Kier molecular flexibility index (Phi) is 4.31. The molecule has 0 fully saturated rings. The molecule has 132 valence electrons. The van der Waals surface area contributed by atoms with E-state index in [1.54, 1.807) is 0 Å². The van der Waals surface area contributed by atoms with Gasteiger partial charge in [-0.1, -0.05) is 0 Å². The Balaban J connectivity index is 2.07. The van der Waals surface area contributed by atoms with E-state index >= 15 is 0 Å². The Morgan fingerprint density at radius 3 is 2.38 bits per heavy atom. The Labute approximate surface area is 145 Å². The van der Waals surface area contributed by atoms with Crippen molar-refractivity contribution in [3.63, 3.8) is 0 Å². The standard InChI is InChI=1S/C16H12N4O6/c1-26-15-5-3-11(19(22)23)6-10(15)8-18-9-17-14-7-12(20(24)25)2-4-13(14)16(18)21/h2-7,9H,8H2,1H3. The zero-order chi connectivity index (χ0) is 18.8. The van der Waals surface area contributed by atoms with E-state index in [1.807, 2.05) is 0 Å². The van der Waals surface area contributed by atoms with Crippen LogP contribution in [0.5, 0.6) is 5.75 Å². The van der Waals surface area contributed by atoms with E-state index in [9.17, 15) is 25.0 Å². The van der Waals surface area contributed by atoms with Gasteiger partial charge in [-0.25, -0.2) is 4.98 Å². The topological polar surface area (TPSA) is 130 Å². The number of methoxy groups -OCH3 is 1. The van der Waals surface area contributed by atoms with Crippen molar-refractivity contribution in [2.75, 3.05) is 7.11 Å². The van der Waals surface area contributed by atoms with Crippen LogP contribution in [-0.4, -0.2) is 26.5 Å². The number of hydrogen-bond acceptors (Lipinski definition) is 7. The predicted molar refractivity (Wildman–Crippen MR) is 91.4 cm³/mol. The molecule has 0 saturated heterocycles. The van der Waals surface area contributed by atoms with Gasteiger partial charge in [0.25, 0.3) is 16.9 Å². The van der Waals surface area contributed by atoms with Gasteiger partial charge < -0.3 is 4.74 Å². The van der Waals surface area contributed by atoms with Crippen molar-refractivity contribution < 1.29 is 14.6 Å². The van der Waals surface area contributed by atoms with Crippen LogP contribution in [0.4, 0.5) is 11.4 Å². The van der Waals surface area contributed by atoms with Gasteiger partial charge in [0.05, 0.1) is 40.7 Å². The summed E-state index contributed by atoms with van der Waals surface area (Å²) in [4.78, 5) is 37.4. The first-order chi connectivity index (χ1) is 12.4. The Hall–Kier alpha value is -3.82. The molecule has 0 spiro atoms. The largest absolute Gasteiger partial charge is 0.496 e. The van der Waals surface area contributed by atoms with Crippen molar-refractivity contribution in [1.29, 1.82) is 0 Å². The summed E-state index contributed by atoms with van der Waals surface area (Å²) in [6.07, 6.45) is 1.24. The van der Waals surface area contributed by atoms with Crippen LogP contribution in [0, 0.1) is 20.2 Å². The zero-order valence-electron chi connectivity index (χ0n) is 13.5. The van der Waals surface area contributed by atoms with E-state index in [4.69, 9.17) is 4.74 Å². The summed E-state index contributed by atoms with van der Waals surface area (Å²) in [6.45, 7) is 0.00359. The SMILES string of the molecule is COc1ccc([N+](=O)[O-])cc1Cn1cnc2cc([N+](=O)[O-])ccc2c1=O. The van der Waals surface area contributed by atoms with Crippen molar-refractivity contribution in [3.05, 3.63) is 78.9 Å². The van der Waals surface area contributed by atoms with E-state index in [2.05, 4.69) is 4.98 Å². The fourth-order valence-electron chi connectivity index (χ4n) is 2.56. The first-order valence-electron chi connectivity index (χ1n) is 7.35. The van der Waals surface area contributed by atoms with Gasteiger partial charge in [0.1, 0.15) is 5.75 Å². The van der Waals surface area contributed by atoms with Crippen molar-refractivity contribution in [1.82, 2.24) is 9.55 Å². The van der Waals surface area contributed by atoms with Crippen LogP contribution in [0.2, 0.25) is 0 Å². The Morgan fingerprint density at radius 1 is 1.08 bits per heavy atom. The third kappa shape index (κ3) is 3.07. The minimum atomic E-state index is -0.569. The number of benzene rings is 2. The number of ether oxygens (including phenoxy) is 1. The first-order valence-corrected chi connectivity index (χ1v) is 7.35. The quantitative estimate of drug-likeness (QED) is 0.506. The molecule has 0 aliphatic rings. The number of fused-ring (bicyclic) bond motifs is 1. The molecule has 3 rings (SSSR count). The summed E-state index contributed by atoms with van der Waals surface area (Å²) in [7, 11) is 1.42. The zero-order valence-corrected chi connectivity index (χ0v) is 13.5. The van der Waals surface area contributed by atoms with Crippen LogP contribution >= 0.6 is 0 Å². The molecule has 26 heavy (non-hydrogen) atoms. The van der Waals surface area contributed by atoms with E-state index in [-0.39, 0.29) is 28.8 Å². The normalized spacial score (nSPS) is 10.7. The summed E-state index contributed by atoms with van der Waals surface area (Å²) < 4.78 is 6.45. The lowest BCUT2D eigenvalue weighted by Gasteiger charge is -2.10. The lowest BCUT2D eigenvalue weighted by molar-refractivity contribution is -0.385. The Morgan fingerprint density at radius 2 is 1.73 bits per heavy atom. The molecule has 3 aromatic rings. The van der Waals surface area contributed by atoms with Crippen molar-refractivity contribution >= 4 is 22.3 Å². The molecule has 0 bridgehead atoms. The second kappa shape index (κ2) is 6.59. The smallest absolute Gasteiger partial charge is 0.271 e. The molecule has 0 radical (unpaired) electrons. The van der Waals surface area contributed by atoms with Crippen LogP contribution in [0.15, 0.2) is 47.5 Å². The van der Waals surface area contributed by atoms with E-state index in [0.717, 1.165) is 0 Å². The number of aromatic nitrogens is 2. The van der Waals surface area contributed by atoms with Gasteiger partial charge in [-0.05, 0) is 12.1 Å². The Bertz CT molecular complexity index is 1090. The molecule has 10 heteroatoms. The highest BCUT2D eigenvalue weighted by atomic mass is 16.6. The molecule has 0 N–H and O–H groups in total.